The van der Waals surface area contributed by atoms with E-state index in [4.69, 9.17) is 23.1 Å². The zero-order chi connectivity index (χ0) is 22.6. The lowest BCUT2D eigenvalue weighted by molar-refractivity contribution is -0.137. The van der Waals surface area contributed by atoms with Crippen molar-refractivity contribution >= 4 is 44.1 Å². The van der Waals surface area contributed by atoms with E-state index in [0.29, 0.717) is 5.56 Å². The van der Waals surface area contributed by atoms with Gasteiger partial charge in [0.25, 0.3) is 0 Å². The quantitative estimate of drug-likeness (QED) is 0.426. The van der Waals surface area contributed by atoms with Gasteiger partial charge >= 0.3 is 6.18 Å². The second kappa shape index (κ2) is 7.30. The highest BCUT2D eigenvalue weighted by Crippen LogP contribution is 2.40. The summed E-state index contributed by atoms with van der Waals surface area (Å²) in [5.74, 6) is 0.0899. The van der Waals surface area contributed by atoms with Gasteiger partial charge in [-0.2, -0.15) is 18.3 Å². The summed E-state index contributed by atoms with van der Waals surface area (Å²) in [5.41, 5.74) is 8.17. The van der Waals surface area contributed by atoms with Gasteiger partial charge in [-0.05, 0) is 36.0 Å². The minimum atomic E-state index is -4.69. The maximum absolute atomic E-state index is 13.4. The van der Waals surface area contributed by atoms with Gasteiger partial charge in [0.15, 0.2) is 10.9 Å². The Balaban J connectivity index is 2.19. The molecule has 162 valence electrons. The van der Waals surface area contributed by atoms with Crippen LogP contribution in [0.4, 0.5) is 13.2 Å². The van der Waals surface area contributed by atoms with E-state index in [1.54, 1.807) is 30.3 Å². The van der Waals surface area contributed by atoms with Gasteiger partial charge in [0, 0.05) is 5.39 Å². The second-order valence-corrected chi connectivity index (χ2v) is 8.59. The number of halogens is 3. The Morgan fingerprint density at radius 1 is 1.13 bits per heavy atom. The van der Waals surface area contributed by atoms with Crippen LogP contribution >= 0.6 is 12.2 Å². The number of nitrogens with one attached hydrogen (secondary N) is 2. The van der Waals surface area contributed by atoms with Gasteiger partial charge in [-0.1, -0.05) is 30.3 Å². The fraction of sp³-hybridized carbons (Fsp3) is 0.111. The Morgan fingerprint density at radius 3 is 2.39 bits per heavy atom. The number of aromatic nitrogens is 1. The van der Waals surface area contributed by atoms with Crippen molar-refractivity contribution < 1.29 is 21.6 Å². The summed E-state index contributed by atoms with van der Waals surface area (Å²) >= 11 is 4.97. The van der Waals surface area contributed by atoms with Gasteiger partial charge < -0.3 is 11.1 Å². The highest BCUT2D eigenvalue weighted by atomic mass is 32.2. The molecule has 0 bridgehead atoms. The van der Waals surface area contributed by atoms with Gasteiger partial charge in [-0.15, -0.1) is 0 Å². The lowest BCUT2D eigenvalue weighted by Crippen LogP contribution is -2.56. The summed E-state index contributed by atoms with van der Waals surface area (Å²) in [6, 6.07) is 11.0. The number of sulfonamides is 1. The van der Waals surface area contributed by atoms with Crippen LogP contribution in [0.2, 0.25) is 0 Å². The molecule has 4 rings (SSSR count). The lowest BCUT2D eigenvalue weighted by atomic mass is 10.1. The topological polar surface area (TPSA) is 128 Å². The van der Waals surface area contributed by atoms with E-state index in [9.17, 15) is 21.6 Å². The minimum absolute atomic E-state index is 0.0306. The first kappa shape index (κ1) is 21.2. The van der Waals surface area contributed by atoms with E-state index in [0.717, 1.165) is 18.2 Å². The molecule has 0 saturated heterocycles. The first-order valence-corrected chi connectivity index (χ1v) is 10.7. The van der Waals surface area contributed by atoms with Crippen LogP contribution in [0.15, 0.2) is 58.5 Å². The molecule has 31 heavy (non-hydrogen) atoms. The number of primary sulfonamides is 1. The van der Waals surface area contributed by atoms with E-state index in [1.807, 2.05) is 0 Å². The third-order valence-corrected chi connectivity index (χ3v) is 5.84. The molecule has 0 aliphatic carbocycles. The fourth-order valence-corrected chi connectivity index (χ4v) is 4.55. The Kier molecular flexibility index (Phi) is 5.00. The first-order valence-electron chi connectivity index (χ1n) is 8.72. The normalized spacial score (nSPS) is 17.3. The molecule has 1 aromatic heterocycles. The highest BCUT2D eigenvalue weighted by Gasteiger charge is 2.35. The average molecular weight is 468 g/mol. The molecule has 0 amide bonds. The zero-order valence-electron chi connectivity index (χ0n) is 15.5. The first-order chi connectivity index (χ1) is 14.5. The Morgan fingerprint density at radius 2 is 1.81 bits per heavy atom. The number of nitrogens with two attached hydrogens (primary N) is 2. The minimum Gasteiger partial charge on any atom is -0.339 e. The van der Waals surface area contributed by atoms with Crippen molar-refractivity contribution in [1.29, 1.82) is 0 Å². The van der Waals surface area contributed by atoms with E-state index in [2.05, 4.69) is 15.8 Å². The van der Waals surface area contributed by atoms with Crippen LogP contribution in [0.5, 0.6) is 0 Å². The summed E-state index contributed by atoms with van der Waals surface area (Å²) in [4.78, 5) is -0.470. The van der Waals surface area contributed by atoms with Gasteiger partial charge in [0.1, 0.15) is 11.1 Å². The molecule has 13 heteroatoms. The highest BCUT2D eigenvalue weighted by molar-refractivity contribution is 7.89. The molecule has 1 aliphatic rings. The standard InChI is InChI=1S/C18H15F3N6O2S2/c19-18(20,21)10-6-7-12-11(8-10)14(31(23,28)29)13(9-4-2-1-3-5-9)27(12)16-15(22)24-17(30)26-25-16/h1-8,15H,22H2,(H2,23,28,29)(H2,24,26,30). The summed E-state index contributed by atoms with van der Waals surface area (Å²) in [5, 5.41) is 12.3. The van der Waals surface area contributed by atoms with Crippen LogP contribution in [0.1, 0.15) is 5.56 Å². The maximum atomic E-state index is 13.4. The molecule has 1 atom stereocenters. The zero-order valence-corrected chi connectivity index (χ0v) is 17.1. The molecule has 1 aliphatic heterocycles. The predicted molar refractivity (Wildman–Crippen MR) is 113 cm³/mol. The smallest absolute Gasteiger partial charge is 0.339 e. The van der Waals surface area contributed by atoms with Crippen LogP contribution in [0.3, 0.4) is 0 Å². The number of fused-ring (bicyclic) bond motifs is 1. The summed E-state index contributed by atoms with van der Waals surface area (Å²) < 4.78 is 66.6. The largest absolute Gasteiger partial charge is 0.416 e. The number of thiocarbonyl (C=S) groups is 1. The van der Waals surface area contributed by atoms with E-state index in [1.165, 1.54) is 4.57 Å². The molecule has 8 nitrogen and oxygen atoms in total. The molecule has 0 spiro atoms. The summed E-state index contributed by atoms with van der Waals surface area (Å²) in [6.45, 7) is 0. The molecule has 0 fully saturated rings. The SMILES string of the molecule is NC1NC(=S)NN=C1n1c(-c2ccccc2)c(S(N)(=O)=O)c2cc(C(F)(F)F)ccc21. The number of alkyl halides is 3. The number of nitrogens with zero attached hydrogens (tertiary/aromatic N) is 2. The Labute approximate surface area is 179 Å². The van der Waals surface area contributed by atoms with Crippen LogP contribution in [-0.2, 0) is 16.2 Å². The van der Waals surface area contributed by atoms with Gasteiger partial charge in [0.05, 0.1) is 16.8 Å². The van der Waals surface area contributed by atoms with E-state index >= 15 is 0 Å². The molecule has 1 unspecified atom stereocenters. The number of rotatable bonds is 2. The summed E-state index contributed by atoms with van der Waals surface area (Å²) in [6.07, 6.45) is -5.66. The molecular weight excluding hydrogens is 453 g/mol. The number of hydrogen-bond donors (Lipinski definition) is 4. The van der Waals surface area contributed by atoms with Crippen molar-refractivity contribution in [2.75, 3.05) is 0 Å². The third-order valence-electron chi connectivity index (χ3n) is 4.65. The number of benzene rings is 2. The molecule has 0 saturated carbocycles. The lowest BCUT2D eigenvalue weighted by Gasteiger charge is -2.25. The number of hydrogen-bond acceptors (Lipinski definition) is 5. The van der Waals surface area contributed by atoms with Crippen molar-refractivity contribution in [3.63, 3.8) is 0 Å². The second-order valence-electron chi connectivity index (χ2n) is 6.69. The molecule has 2 aromatic carbocycles. The van der Waals surface area contributed by atoms with E-state index < -0.39 is 32.8 Å². The van der Waals surface area contributed by atoms with Crippen LogP contribution in [-0.4, -0.2) is 30.1 Å². The Hall–Kier alpha value is -3.00. The van der Waals surface area contributed by atoms with Gasteiger partial charge in [-0.3, -0.25) is 9.99 Å². The molecule has 3 aromatic rings. The van der Waals surface area contributed by atoms with Crippen molar-refractivity contribution in [2.45, 2.75) is 17.2 Å². The molecule has 2 heterocycles. The monoisotopic (exact) mass is 468 g/mol. The third kappa shape index (κ3) is 3.76. The molecular formula is C18H15F3N6O2S2. The maximum Gasteiger partial charge on any atom is 0.416 e. The van der Waals surface area contributed by atoms with Crippen LogP contribution in [0.25, 0.3) is 22.2 Å². The van der Waals surface area contributed by atoms with Gasteiger partial charge in [-0.25, -0.2) is 13.6 Å². The van der Waals surface area contributed by atoms with Crippen molar-refractivity contribution in [2.24, 2.45) is 16.0 Å². The van der Waals surface area contributed by atoms with Crippen molar-refractivity contribution in [3.05, 3.63) is 54.1 Å². The predicted octanol–water partition coefficient (Wildman–Crippen LogP) is 1.90. The summed E-state index contributed by atoms with van der Waals surface area (Å²) in [7, 11) is -4.47. The average Bonchev–Trinajstić information content (AvgIpc) is 3.02. The van der Waals surface area contributed by atoms with Crippen LogP contribution < -0.4 is 21.6 Å². The van der Waals surface area contributed by atoms with Gasteiger partial charge in [0.2, 0.25) is 10.0 Å². The van der Waals surface area contributed by atoms with Crippen molar-refractivity contribution in [1.82, 2.24) is 15.3 Å². The Bertz CT molecular complexity index is 1330. The van der Waals surface area contributed by atoms with E-state index in [-0.39, 0.29) is 27.5 Å². The van der Waals surface area contributed by atoms with Crippen LogP contribution in [0, 0.1) is 0 Å². The molecule has 6 N–H and O–H groups in total. The molecule has 0 radical (unpaired) electrons. The van der Waals surface area contributed by atoms with Crippen molar-refractivity contribution in [3.8, 4) is 11.3 Å². The fourth-order valence-electron chi connectivity index (χ4n) is 3.43. The number of hydrazone groups is 1.